The Bertz CT molecular complexity index is 914. The number of hydrogen-bond donors (Lipinski definition) is 2. The van der Waals surface area contributed by atoms with Gasteiger partial charge in [0.2, 0.25) is 17.1 Å². The lowest BCUT2D eigenvalue weighted by Crippen LogP contribution is -2.32. The lowest BCUT2D eigenvalue weighted by molar-refractivity contribution is -0.646. The minimum absolute atomic E-state index is 0.0611. The number of aryl methyl sites for hydroxylation is 1. The minimum Gasteiger partial charge on any atom is -0.330 e. The fourth-order valence-corrected chi connectivity index (χ4v) is 2.74. The van der Waals surface area contributed by atoms with Crippen molar-refractivity contribution in [1.29, 1.82) is 0 Å². The molecule has 0 atom stereocenters. The van der Waals surface area contributed by atoms with Crippen molar-refractivity contribution in [3.05, 3.63) is 71.9 Å². The third-order valence-electron chi connectivity index (χ3n) is 4.13. The van der Waals surface area contributed by atoms with Crippen LogP contribution in [-0.2, 0) is 11.8 Å². The van der Waals surface area contributed by atoms with Gasteiger partial charge in [0.25, 0.3) is 0 Å². The van der Waals surface area contributed by atoms with Crippen LogP contribution < -0.4 is 15.6 Å². The predicted octanol–water partition coefficient (Wildman–Crippen LogP) is 3.12. The van der Waals surface area contributed by atoms with Gasteiger partial charge in [-0.25, -0.2) is 0 Å². The topological polar surface area (TPSA) is 59.0 Å². The molecule has 1 aromatic heterocycles. The fourth-order valence-electron chi connectivity index (χ4n) is 2.74. The molecule has 1 heterocycles. The zero-order chi connectivity index (χ0) is 17.6. The first-order valence-electron chi connectivity index (χ1n) is 8.33. The summed E-state index contributed by atoms with van der Waals surface area (Å²) in [4.78, 5) is 11.5. The normalized spacial score (nSPS) is 11.1. The number of nitrogens with two attached hydrogens (primary N) is 1. The average molecular weight is 332 g/mol. The van der Waals surface area contributed by atoms with Crippen LogP contribution in [0.5, 0.6) is 0 Å². The van der Waals surface area contributed by atoms with E-state index in [4.69, 9.17) is 5.73 Å². The Morgan fingerprint density at radius 1 is 1.04 bits per heavy atom. The number of carbonyl (C=O) groups is 1. The van der Waals surface area contributed by atoms with Crippen molar-refractivity contribution >= 4 is 34.6 Å². The number of carbonyl (C=O) groups excluding carboxylic acids is 1. The molecule has 3 aromatic rings. The van der Waals surface area contributed by atoms with E-state index in [0.717, 1.165) is 16.9 Å². The number of nitrogens with zero attached hydrogens (tertiary/aromatic N) is 1. The van der Waals surface area contributed by atoms with Crippen molar-refractivity contribution in [2.75, 3.05) is 11.9 Å². The summed E-state index contributed by atoms with van der Waals surface area (Å²) in [6.45, 7) is 0.357. The molecule has 0 aliphatic heterocycles. The molecule has 126 valence electrons. The molecule has 0 fully saturated rings. The van der Waals surface area contributed by atoms with Gasteiger partial charge in [0, 0.05) is 42.2 Å². The molecule has 3 rings (SSSR count). The van der Waals surface area contributed by atoms with Crippen LogP contribution in [0.15, 0.2) is 60.7 Å². The van der Waals surface area contributed by atoms with E-state index in [9.17, 15) is 4.79 Å². The summed E-state index contributed by atoms with van der Waals surface area (Å²) >= 11 is 0. The van der Waals surface area contributed by atoms with E-state index >= 15 is 0 Å². The molecule has 1 amide bonds. The van der Waals surface area contributed by atoms with Crippen LogP contribution in [0.2, 0.25) is 0 Å². The third-order valence-corrected chi connectivity index (χ3v) is 4.13. The number of anilines is 1. The van der Waals surface area contributed by atoms with Gasteiger partial charge in [0.05, 0.1) is 0 Å². The molecule has 0 aliphatic rings. The summed E-state index contributed by atoms with van der Waals surface area (Å²) in [6.07, 6.45) is 4.49. The quantitative estimate of drug-likeness (QED) is 0.705. The lowest BCUT2D eigenvalue weighted by atomic mass is 10.1. The van der Waals surface area contributed by atoms with Crippen molar-refractivity contribution in [1.82, 2.24) is 0 Å². The van der Waals surface area contributed by atoms with E-state index in [2.05, 4.69) is 53.3 Å². The van der Waals surface area contributed by atoms with Crippen molar-refractivity contribution in [2.45, 2.75) is 6.42 Å². The summed E-state index contributed by atoms with van der Waals surface area (Å²) < 4.78 is 2.17. The molecule has 4 heteroatoms. The smallest absolute Gasteiger partial charge is 0.225 e. The molecule has 4 nitrogen and oxygen atoms in total. The van der Waals surface area contributed by atoms with Crippen molar-refractivity contribution in [2.24, 2.45) is 12.8 Å². The fraction of sp³-hybridized carbons (Fsp3) is 0.143. The largest absolute Gasteiger partial charge is 0.330 e. The first kappa shape index (κ1) is 16.9. The molecule has 0 bridgehead atoms. The SMILES string of the molecule is C[n+]1c(C=Cc2ccc(NC(=O)CCN)cc2)ccc2ccccc21. The second-order valence-electron chi connectivity index (χ2n) is 5.92. The highest BCUT2D eigenvalue weighted by Gasteiger charge is 2.08. The van der Waals surface area contributed by atoms with Gasteiger partial charge in [0.1, 0.15) is 7.05 Å². The number of rotatable bonds is 5. The van der Waals surface area contributed by atoms with Crippen LogP contribution in [-0.4, -0.2) is 12.5 Å². The number of aromatic nitrogens is 1. The zero-order valence-electron chi connectivity index (χ0n) is 14.3. The Balaban J connectivity index is 1.76. The van der Waals surface area contributed by atoms with Gasteiger partial charge < -0.3 is 11.1 Å². The Kier molecular flexibility index (Phi) is 5.21. The lowest BCUT2D eigenvalue weighted by Gasteiger charge is -2.04. The van der Waals surface area contributed by atoms with Gasteiger partial charge in [-0.3, -0.25) is 4.79 Å². The Morgan fingerprint density at radius 2 is 1.80 bits per heavy atom. The Morgan fingerprint density at radius 3 is 2.56 bits per heavy atom. The van der Waals surface area contributed by atoms with Crippen LogP contribution in [0.4, 0.5) is 5.69 Å². The maximum Gasteiger partial charge on any atom is 0.225 e. The number of nitrogens with one attached hydrogen (secondary N) is 1. The third kappa shape index (κ3) is 4.11. The maximum atomic E-state index is 11.5. The van der Waals surface area contributed by atoms with Gasteiger partial charge in [-0.2, -0.15) is 4.57 Å². The van der Waals surface area contributed by atoms with Crippen LogP contribution in [0.1, 0.15) is 17.7 Å². The van der Waals surface area contributed by atoms with Crippen molar-refractivity contribution in [3.8, 4) is 0 Å². The van der Waals surface area contributed by atoms with Crippen LogP contribution >= 0.6 is 0 Å². The second kappa shape index (κ2) is 7.73. The highest BCUT2D eigenvalue weighted by atomic mass is 16.1. The molecular formula is C21H22N3O+. The minimum atomic E-state index is -0.0611. The molecule has 0 saturated carbocycles. The van der Waals surface area contributed by atoms with E-state index in [1.807, 2.05) is 36.4 Å². The summed E-state index contributed by atoms with van der Waals surface area (Å²) in [5.74, 6) is -0.0611. The molecule has 0 radical (unpaired) electrons. The zero-order valence-corrected chi connectivity index (χ0v) is 14.3. The van der Waals surface area contributed by atoms with E-state index < -0.39 is 0 Å². The summed E-state index contributed by atoms with van der Waals surface area (Å²) in [7, 11) is 2.07. The number of fused-ring (bicyclic) bond motifs is 1. The summed E-state index contributed by atoms with van der Waals surface area (Å²) in [5.41, 5.74) is 9.56. The van der Waals surface area contributed by atoms with Gasteiger partial charge in [-0.1, -0.05) is 24.3 Å². The molecular weight excluding hydrogens is 310 g/mol. The first-order chi connectivity index (χ1) is 12.2. The molecule has 0 saturated heterocycles. The second-order valence-corrected chi connectivity index (χ2v) is 5.92. The predicted molar refractivity (Wildman–Crippen MR) is 103 cm³/mol. The van der Waals surface area contributed by atoms with E-state index in [1.165, 1.54) is 10.9 Å². The number of benzene rings is 2. The van der Waals surface area contributed by atoms with Crippen molar-refractivity contribution < 1.29 is 9.36 Å². The summed E-state index contributed by atoms with van der Waals surface area (Å²) in [6, 6.07) is 20.3. The van der Waals surface area contributed by atoms with Crippen LogP contribution in [0.3, 0.4) is 0 Å². The van der Waals surface area contributed by atoms with Gasteiger partial charge in [-0.15, -0.1) is 0 Å². The van der Waals surface area contributed by atoms with E-state index in [0.29, 0.717) is 13.0 Å². The van der Waals surface area contributed by atoms with Crippen LogP contribution in [0, 0.1) is 0 Å². The number of amides is 1. The van der Waals surface area contributed by atoms with Gasteiger partial charge >= 0.3 is 0 Å². The van der Waals surface area contributed by atoms with Crippen LogP contribution in [0.25, 0.3) is 23.1 Å². The molecule has 25 heavy (non-hydrogen) atoms. The molecule has 0 spiro atoms. The summed E-state index contributed by atoms with van der Waals surface area (Å²) in [5, 5.41) is 4.05. The highest BCUT2D eigenvalue weighted by molar-refractivity contribution is 5.91. The number of para-hydroxylation sites is 1. The Labute approximate surface area is 147 Å². The maximum absolute atomic E-state index is 11.5. The number of pyridine rings is 1. The first-order valence-corrected chi connectivity index (χ1v) is 8.33. The highest BCUT2D eigenvalue weighted by Crippen LogP contribution is 2.14. The van der Waals surface area contributed by atoms with Gasteiger partial charge in [-0.05, 0) is 35.9 Å². The van der Waals surface area contributed by atoms with E-state index in [1.54, 1.807) is 0 Å². The van der Waals surface area contributed by atoms with E-state index in [-0.39, 0.29) is 5.91 Å². The molecule has 0 aliphatic carbocycles. The average Bonchev–Trinajstić information content (AvgIpc) is 2.63. The van der Waals surface area contributed by atoms with Gasteiger partial charge in [0.15, 0.2) is 0 Å². The molecule has 0 unspecified atom stereocenters. The molecule has 3 N–H and O–H groups in total. The standard InChI is InChI=1S/C21H21N3O/c1-24-19(13-9-17-4-2-3-5-20(17)24)12-8-16-6-10-18(11-7-16)23-21(25)14-15-22/h2-13H,14-15,22H2,1H3/p+1. The van der Waals surface area contributed by atoms with Crippen molar-refractivity contribution in [3.63, 3.8) is 0 Å². The Hall–Kier alpha value is -2.98. The molecule has 2 aromatic carbocycles. The monoisotopic (exact) mass is 332 g/mol. The number of hydrogen-bond acceptors (Lipinski definition) is 2.